The molecule has 6 heteroatoms. The zero-order valence-corrected chi connectivity index (χ0v) is 10.9. The van der Waals surface area contributed by atoms with E-state index in [2.05, 4.69) is 5.10 Å². The Hall–Kier alpha value is -2.55. The van der Waals surface area contributed by atoms with Crippen molar-refractivity contribution in [3.05, 3.63) is 41.6 Å². The second kappa shape index (κ2) is 4.85. The Bertz CT molecular complexity index is 693. The van der Waals surface area contributed by atoms with Gasteiger partial charge in [0.15, 0.2) is 0 Å². The number of carbonyl (C=O) groups excluding carboxylic acids is 1. The predicted octanol–water partition coefficient (Wildman–Crippen LogP) is 2.63. The summed E-state index contributed by atoms with van der Waals surface area (Å²) in [4.78, 5) is 11.0. The third-order valence-corrected chi connectivity index (χ3v) is 2.91. The van der Waals surface area contributed by atoms with Gasteiger partial charge in [-0.3, -0.25) is 4.68 Å². The Labute approximate surface area is 114 Å². The summed E-state index contributed by atoms with van der Waals surface area (Å²) < 4.78 is 28.8. The van der Waals surface area contributed by atoms with Gasteiger partial charge >= 0.3 is 0 Å². The standard InChI is InChI=1S/C14H11F2N3O/c1-14(2,8-20)19-7-9(6-17)13(18-19)12-10(15)4-3-5-11(12)16/h3-5,7-8H,1-2H3. The maximum absolute atomic E-state index is 13.8. The lowest BCUT2D eigenvalue weighted by Gasteiger charge is -2.17. The highest BCUT2D eigenvalue weighted by atomic mass is 19.1. The summed E-state index contributed by atoms with van der Waals surface area (Å²) >= 11 is 0. The van der Waals surface area contributed by atoms with E-state index in [0.717, 1.165) is 12.1 Å². The van der Waals surface area contributed by atoms with Crippen LogP contribution in [0.4, 0.5) is 8.78 Å². The highest BCUT2D eigenvalue weighted by Crippen LogP contribution is 2.28. The normalized spacial score (nSPS) is 11.2. The lowest BCUT2D eigenvalue weighted by molar-refractivity contribution is -0.114. The summed E-state index contributed by atoms with van der Waals surface area (Å²) in [5, 5.41) is 13.1. The summed E-state index contributed by atoms with van der Waals surface area (Å²) in [6, 6.07) is 5.23. The average Bonchev–Trinajstić information content (AvgIpc) is 2.83. The maximum atomic E-state index is 13.8. The monoisotopic (exact) mass is 275 g/mol. The molecule has 1 heterocycles. The quantitative estimate of drug-likeness (QED) is 0.809. The number of nitrogens with zero attached hydrogens (tertiary/aromatic N) is 3. The largest absolute Gasteiger partial charge is 0.301 e. The van der Waals surface area contributed by atoms with Crippen molar-refractivity contribution in [2.75, 3.05) is 0 Å². The van der Waals surface area contributed by atoms with E-state index < -0.39 is 17.2 Å². The van der Waals surface area contributed by atoms with Crippen molar-refractivity contribution in [1.29, 1.82) is 5.26 Å². The molecule has 0 atom stereocenters. The molecule has 0 saturated carbocycles. The van der Waals surface area contributed by atoms with Crippen LogP contribution in [-0.4, -0.2) is 16.1 Å². The van der Waals surface area contributed by atoms with Gasteiger partial charge < -0.3 is 4.79 Å². The minimum Gasteiger partial charge on any atom is -0.301 e. The molecule has 102 valence electrons. The van der Waals surface area contributed by atoms with Crippen LogP contribution >= 0.6 is 0 Å². The van der Waals surface area contributed by atoms with Gasteiger partial charge in [-0.1, -0.05) is 6.07 Å². The summed E-state index contributed by atoms with van der Waals surface area (Å²) in [6.45, 7) is 3.16. The Kier molecular flexibility index (Phi) is 3.36. The van der Waals surface area contributed by atoms with Gasteiger partial charge in [0.05, 0.1) is 11.1 Å². The topological polar surface area (TPSA) is 58.7 Å². The zero-order valence-electron chi connectivity index (χ0n) is 10.9. The smallest absolute Gasteiger partial charge is 0.147 e. The zero-order chi connectivity index (χ0) is 14.9. The molecule has 0 amide bonds. The lowest BCUT2D eigenvalue weighted by Crippen LogP contribution is -2.28. The Balaban J connectivity index is 2.70. The molecule has 1 aromatic heterocycles. The second-order valence-corrected chi connectivity index (χ2v) is 4.82. The van der Waals surface area contributed by atoms with Crippen LogP contribution in [0.2, 0.25) is 0 Å². The SMILES string of the molecule is CC(C)(C=O)n1cc(C#N)c(-c2c(F)cccc2F)n1. The van der Waals surface area contributed by atoms with Crippen LogP contribution < -0.4 is 0 Å². The molecular weight excluding hydrogens is 264 g/mol. The number of benzene rings is 1. The number of carbonyl (C=O) groups is 1. The van der Waals surface area contributed by atoms with Crippen molar-refractivity contribution < 1.29 is 13.6 Å². The van der Waals surface area contributed by atoms with E-state index in [-0.39, 0.29) is 16.8 Å². The molecule has 4 nitrogen and oxygen atoms in total. The van der Waals surface area contributed by atoms with Gasteiger partial charge in [0, 0.05) is 6.20 Å². The number of aromatic nitrogens is 2. The van der Waals surface area contributed by atoms with Crippen molar-refractivity contribution in [2.24, 2.45) is 0 Å². The average molecular weight is 275 g/mol. The molecule has 0 fully saturated rings. The third-order valence-electron chi connectivity index (χ3n) is 2.91. The predicted molar refractivity (Wildman–Crippen MR) is 67.7 cm³/mol. The molecule has 0 N–H and O–H groups in total. The first kappa shape index (κ1) is 13.9. The van der Waals surface area contributed by atoms with Gasteiger partial charge in [-0.2, -0.15) is 10.4 Å². The van der Waals surface area contributed by atoms with E-state index in [4.69, 9.17) is 5.26 Å². The first-order chi connectivity index (χ1) is 9.40. The highest BCUT2D eigenvalue weighted by Gasteiger charge is 2.25. The third kappa shape index (κ3) is 2.18. The van der Waals surface area contributed by atoms with E-state index in [1.165, 1.54) is 16.9 Å². The summed E-state index contributed by atoms with van der Waals surface area (Å²) in [5.41, 5.74) is -1.49. The molecule has 0 unspecified atom stereocenters. The van der Waals surface area contributed by atoms with Crippen molar-refractivity contribution >= 4 is 6.29 Å². The summed E-state index contributed by atoms with van der Waals surface area (Å²) in [7, 11) is 0. The molecule has 0 bridgehead atoms. The van der Waals surface area contributed by atoms with Crippen molar-refractivity contribution in [1.82, 2.24) is 9.78 Å². The molecule has 0 aliphatic rings. The van der Waals surface area contributed by atoms with Crippen molar-refractivity contribution in [3.8, 4) is 17.3 Å². The van der Waals surface area contributed by atoms with Gasteiger partial charge in [-0.25, -0.2) is 8.78 Å². The first-order valence-corrected chi connectivity index (χ1v) is 5.81. The number of aldehydes is 1. The lowest BCUT2D eigenvalue weighted by atomic mass is 10.1. The molecule has 0 spiro atoms. The molecule has 0 aliphatic carbocycles. The molecule has 0 saturated heterocycles. The summed E-state index contributed by atoms with van der Waals surface area (Å²) in [5.74, 6) is -1.62. The number of hydrogen-bond acceptors (Lipinski definition) is 3. The molecule has 0 radical (unpaired) electrons. The van der Waals surface area contributed by atoms with Gasteiger partial charge in [-0.05, 0) is 26.0 Å². The second-order valence-electron chi connectivity index (χ2n) is 4.82. The minimum atomic E-state index is -1.01. The van der Waals surface area contributed by atoms with Crippen LogP contribution in [0.25, 0.3) is 11.3 Å². The van der Waals surface area contributed by atoms with Crippen molar-refractivity contribution in [3.63, 3.8) is 0 Å². The van der Waals surface area contributed by atoms with E-state index >= 15 is 0 Å². The van der Waals surface area contributed by atoms with Crippen LogP contribution in [0, 0.1) is 23.0 Å². The molecule has 20 heavy (non-hydrogen) atoms. The Morgan fingerprint density at radius 3 is 2.45 bits per heavy atom. The Morgan fingerprint density at radius 2 is 1.95 bits per heavy atom. The van der Waals surface area contributed by atoms with Crippen molar-refractivity contribution in [2.45, 2.75) is 19.4 Å². The van der Waals surface area contributed by atoms with E-state index in [0.29, 0.717) is 6.29 Å². The van der Waals surface area contributed by atoms with Crippen LogP contribution in [0.15, 0.2) is 24.4 Å². The molecule has 2 rings (SSSR count). The molecule has 1 aromatic carbocycles. The minimum absolute atomic E-state index is 0.00363. The van der Waals surface area contributed by atoms with Gasteiger partial charge in [-0.15, -0.1) is 0 Å². The van der Waals surface area contributed by atoms with Crippen LogP contribution in [0.3, 0.4) is 0 Å². The number of rotatable bonds is 3. The van der Waals surface area contributed by atoms with Gasteiger partial charge in [0.1, 0.15) is 35.2 Å². The fraction of sp³-hybridized carbons (Fsp3) is 0.214. The van der Waals surface area contributed by atoms with E-state index in [9.17, 15) is 13.6 Å². The maximum Gasteiger partial charge on any atom is 0.147 e. The fourth-order valence-corrected chi connectivity index (χ4v) is 1.71. The molecular formula is C14H11F2N3O. The fourth-order valence-electron chi connectivity index (χ4n) is 1.71. The van der Waals surface area contributed by atoms with Crippen LogP contribution in [0.1, 0.15) is 19.4 Å². The van der Waals surface area contributed by atoms with Crippen LogP contribution in [-0.2, 0) is 10.3 Å². The number of halogens is 2. The van der Waals surface area contributed by atoms with Crippen LogP contribution in [0.5, 0.6) is 0 Å². The number of hydrogen-bond donors (Lipinski definition) is 0. The summed E-state index contributed by atoms with van der Waals surface area (Å²) in [6.07, 6.45) is 1.94. The highest BCUT2D eigenvalue weighted by molar-refractivity contribution is 5.68. The number of nitriles is 1. The van der Waals surface area contributed by atoms with E-state index in [1.54, 1.807) is 13.8 Å². The Morgan fingerprint density at radius 1 is 1.35 bits per heavy atom. The molecule has 0 aliphatic heterocycles. The van der Waals surface area contributed by atoms with E-state index in [1.807, 2.05) is 6.07 Å². The van der Waals surface area contributed by atoms with Gasteiger partial charge in [0.2, 0.25) is 0 Å². The first-order valence-electron chi connectivity index (χ1n) is 5.81. The van der Waals surface area contributed by atoms with Gasteiger partial charge in [0.25, 0.3) is 0 Å². The molecule has 2 aromatic rings.